The number of carboxylic acids is 1. The number of carbonyl (C=O) groups is 1. The number of methoxy groups -OCH3 is 1. The van der Waals surface area contributed by atoms with Crippen LogP contribution in [0.3, 0.4) is 0 Å². The molecule has 0 saturated carbocycles. The molecular formula is C17H26N2O4. The number of rotatable bonds is 6. The lowest BCUT2D eigenvalue weighted by Gasteiger charge is -2.34. The predicted molar refractivity (Wildman–Crippen MR) is 89.0 cm³/mol. The van der Waals surface area contributed by atoms with Gasteiger partial charge in [-0.3, -0.25) is 0 Å². The van der Waals surface area contributed by atoms with Gasteiger partial charge in [-0.25, -0.2) is 9.80 Å². The zero-order chi connectivity index (χ0) is 17.0. The van der Waals surface area contributed by atoms with E-state index in [4.69, 9.17) is 14.6 Å². The number of nitrogens with one attached hydrogen (secondary N) is 1. The SMILES string of the molecule is COc1cc(C)c(NN2CCCC(OCC(=O)O)C2)c(C)c1C. The van der Waals surface area contributed by atoms with Crippen molar-refractivity contribution >= 4 is 11.7 Å². The van der Waals surface area contributed by atoms with Crippen LogP contribution in [0, 0.1) is 20.8 Å². The van der Waals surface area contributed by atoms with Gasteiger partial charge in [0.2, 0.25) is 0 Å². The van der Waals surface area contributed by atoms with Gasteiger partial charge in [-0.05, 0) is 56.4 Å². The lowest BCUT2D eigenvalue weighted by atomic mass is 10.0. The van der Waals surface area contributed by atoms with Crippen molar-refractivity contribution in [3.05, 3.63) is 22.8 Å². The highest BCUT2D eigenvalue weighted by Gasteiger charge is 2.22. The Morgan fingerprint density at radius 1 is 1.39 bits per heavy atom. The lowest BCUT2D eigenvalue weighted by Crippen LogP contribution is -2.43. The molecule has 23 heavy (non-hydrogen) atoms. The van der Waals surface area contributed by atoms with Crippen LogP contribution < -0.4 is 10.2 Å². The predicted octanol–water partition coefficient (Wildman–Crippen LogP) is 2.51. The van der Waals surface area contributed by atoms with Gasteiger partial charge in [0.1, 0.15) is 12.4 Å². The largest absolute Gasteiger partial charge is 0.496 e. The van der Waals surface area contributed by atoms with E-state index in [-0.39, 0.29) is 12.7 Å². The summed E-state index contributed by atoms with van der Waals surface area (Å²) in [6.07, 6.45) is 1.82. The first kappa shape index (κ1) is 17.6. The van der Waals surface area contributed by atoms with Crippen molar-refractivity contribution in [1.82, 2.24) is 5.01 Å². The second-order valence-corrected chi connectivity index (χ2v) is 6.05. The Bertz CT molecular complexity index is 574. The number of hydrazine groups is 1. The van der Waals surface area contributed by atoms with E-state index in [1.807, 2.05) is 13.0 Å². The molecule has 1 fully saturated rings. The minimum Gasteiger partial charge on any atom is -0.496 e. The van der Waals surface area contributed by atoms with Crippen LogP contribution in [-0.2, 0) is 9.53 Å². The fourth-order valence-electron chi connectivity index (χ4n) is 2.95. The third-order valence-electron chi connectivity index (χ3n) is 4.36. The van der Waals surface area contributed by atoms with Gasteiger partial charge in [-0.15, -0.1) is 0 Å². The molecule has 0 radical (unpaired) electrons. The van der Waals surface area contributed by atoms with E-state index in [9.17, 15) is 4.79 Å². The Hall–Kier alpha value is -1.79. The molecule has 6 nitrogen and oxygen atoms in total. The monoisotopic (exact) mass is 322 g/mol. The van der Waals surface area contributed by atoms with E-state index in [1.54, 1.807) is 7.11 Å². The van der Waals surface area contributed by atoms with Gasteiger partial charge in [0.05, 0.1) is 18.9 Å². The number of anilines is 1. The Morgan fingerprint density at radius 2 is 2.13 bits per heavy atom. The molecule has 1 aliphatic heterocycles. The van der Waals surface area contributed by atoms with Crippen LogP contribution in [0.5, 0.6) is 5.75 Å². The Balaban J connectivity index is 2.07. The smallest absolute Gasteiger partial charge is 0.329 e. The molecule has 1 atom stereocenters. The van der Waals surface area contributed by atoms with Crippen LogP contribution in [0.4, 0.5) is 5.69 Å². The second-order valence-electron chi connectivity index (χ2n) is 6.05. The summed E-state index contributed by atoms with van der Waals surface area (Å²) in [6, 6.07) is 2.03. The van der Waals surface area contributed by atoms with E-state index in [0.717, 1.165) is 47.5 Å². The number of aliphatic carboxylic acids is 1. The topological polar surface area (TPSA) is 71.0 Å². The van der Waals surface area contributed by atoms with Crippen molar-refractivity contribution in [2.45, 2.75) is 39.7 Å². The average Bonchev–Trinajstić information content (AvgIpc) is 2.53. The highest BCUT2D eigenvalue weighted by Crippen LogP contribution is 2.31. The number of carboxylic acid groups (broad SMARTS) is 1. The van der Waals surface area contributed by atoms with Gasteiger partial charge in [-0.1, -0.05) is 0 Å². The molecule has 1 aromatic rings. The fourth-order valence-corrected chi connectivity index (χ4v) is 2.95. The molecule has 1 heterocycles. The van der Waals surface area contributed by atoms with Crippen LogP contribution >= 0.6 is 0 Å². The van der Waals surface area contributed by atoms with E-state index in [2.05, 4.69) is 24.3 Å². The summed E-state index contributed by atoms with van der Waals surface area (Å²) in [5, 5.41) is 10.8. The normalized spacial score (nSPS) is 18.7. The van der Waals surface area contributed by atoms with Crippen LogP contribution in [0.25, 0.3) is 0 Å². The van der Waals surface area contributed by atoms with E-state index < -0.39 is 5.97 Å². The van der Waals surface area contributed by atoms with Crippen molar-refractivity contribution in [3.8, 4) is 5.75 Å². The second kappa shape index (κ2) is 7.66. The summed E-state index contributed by atoms with van der Waals surface area (Å²) in [6.45, 7) is 7.54. The third-order valence-corrected chi connectivity index (χ3v) is 4.36. The van der Waals surface area contributed by atoms with Crippen molar-refractivity contribution in [2.24, 2.45) is 0 Å². The number of nitrogens with zero attached hydrogens (tertiary/aromatic N) is 1. The summed E-state index contributed by atoms with van der Waals surface area (Å²) in [5.74, 6) is -0.0283. The Kier molecular flexibility index (Phi) is 5.85. The molecule has 0 spiro atoms. The number of benzene rings is 1. The molecule has 1 unspecified atom stereocenters. The van der Waals surface area contributed by atoms with Crippen LogP contribution in [-0.4, -0.2) is 49.0 Å². The molecule has 2 N–H and O–H groups in total. The van der Waals surface area contributed by atoms with E-state index in [1.165, 1.54) is 0 Å². The van der Waals surface area contributed by atoms with Gasteiger partial charge < -0.3 is 20.0 Å². The van der Waals surface area contributed by atoms with E-state index in [0.29, 0.717) is 6.54 Å². The van der Waals surface area contributed by atoms with Gasteiger partial charge in [0.25, 0.3) is 0 Å². The Morgan fingerprint density at radius 3 is 2.78 bits per heavy atom. The fraction of sp³-hybridized carbons (Fsp3) is 0.588. The number of ether oxygens (including phenoxy) is 2. The van der Waals surface area contributed by atoms with Gasteiger partial charge in [0, 0.05) is 13.1 Å². The first-order valence-electron chi connectivity index (χ1n) is 7.92. The molecule has 1 aromatic carbocycles. The van der Waals surface area contributed by atoms with Crippen LogP contribution in [0.15, 0.2) is 6.07 Å². The lowest BCUT2D eigenvalue weighted by molar-refractivity contribution is -0.145. The zero-order valence-electron chi connectivity index (χ0n) is 14.3. The van der Waals surface area contributed by atoms with Crippen molar-refractivity contribution in [2.75, 3.05) is 32.2 Å². The van der Waals surface area contributed by atoms with Crippen LogP contribution in [0.2, 0.25) is 0 Å². The molecule has 1 aliphatic rings. The Labute approximate surface area is 137 Å². The van der Waals surface area contributed by atoms with Crippen molar-refractivity contribution in [3.63, 3.8) is 0 Å². The zero-order valence-corrected chi connectivity index (χ0v) is 14.3. The van der Waals surface area contributed by atoms with Gasteiger partial charge >= 0.3 is 5.97 Å². The van der Waals surface area contributed by atoms with Gasteiger partial charge in [-0.2, -0.15) is 0 Å². The number of hydrogen-bond donors (Lipinski definition) is 2. The maximum atomic E-state index is 10.6. The molecule has 1 saturated heterocycles. The van der Waals surface area contributed by atoms with Crippen LogP contribution in [0.1, 0.15) is 29.5 Å². The summed E-state index contributed by atoms with van der Waals surface area (Å²) >= 11 is 0. The maximum Gasteiger partial charge on any atom is 0.329 e. The average molecular weight is 322 g/mol. The molecule has 2 rings (SSSR count). The molecule has 0 bridgehead atoms. The quantitative estimate of drug-likeness (QED) is 0.838. The summed E-state index contributed by atoms with van der Waals surface area (Å²) < 4.78 is 10.8. The first-order valence-corrected chi connectivity index (χ1v) is 7.92. The first-order chi connectivity index (χ1) is 10.9. The number of piperidine rings is 1. The minimum atomic E-state index is -0.924. The molecule has 128 valence electrons. The molecule has 0 aromatic heterocycles. The summed E-state index contributed by atoms with van der Waals surface area (Å²) in [7, 11) is 1.68. The molecule has 0 amide bonds. The molecular weight excluding hydrogens is 296 g/mol. The van der Waals surface area contributed by atoms with Crippen molar-refractivity contribution in [1.29, 1.82) is 0 Å². The highest BCUT2D eigenvalue weighted by atomic mass is 16.5. The highest BCUT2D eigenvalue weighted by molar-refractivity contribution is 5.68. The summed E-state index contributed by atoms with van der Waals surface area (Å²) in [5.41, 5.74) is 7.97. The van der Waals surface area contributed by atoms with Crippen molar-refractivity contribution < 1.29 is 19.4 Å². The number of aryl methyl sites for hydroxylation is 1. The maximum absolute atomic E-state index is 10.6. The third kappa shape index (κ3) is 4.36. The molecule has 0 aliphatic carbocycles. The van der Waals surface area contributed by atoms with Gasteiger partial charge in [0.15, 0.2) is 0 Å². The number of hydrogen-bond acceptors (Lipinski definition) is 5. The minimum absolute atomic E-state index is 0.0488. The summed E-state index contributed by atoms with van der Waals surface area (Å²) in [4.78, 5) is 10.6. The molecule has 6 heteroatoms. The standard InChI is InChI=1S/C17H26N2O4/c1-11-8-15(22-4)12(2)13(3)17(11)18-19-7-5-6-14(9-19)23-10-16(20)21/h8,14,18H,5-7,9-10H2,1-4H3,(H,20,21). The van der Waals surface area contributed by atoms with E-state index >= 15 is 0 Å².